The van der Waals surface area contributed by atoms with Gasteiger partial charge in [0.25, 0.3) is 0 Å². The van der Waals surface area contributed by atoms with Crippen molar-refractivity contribution >= 4 is 33.3 Å². The zero-order chi connectivity index (χ0) is 13.4. The fourth-order valence-corrected chi connectivity index (χ4v) is 2.51. The molecule has 0 fully saturated rings. The predicted molar refractivity (Wildman–Crippen MR) is 75.2 cm³/mol. The average Bonchev–Trinajstić information content (AvgIpc) is 3.02. The Bertz CT molecular complexity index is 760. The summed E-state index contributed by atoms with van der Waals surface area (Å²) in [7, 11) is 1.36. The van der Waals surface area contributed by atoms with Crippen molar-refractivity contribution in [2.45, 2.75) is 0 Å². The third-order valence-electron chi connectivity index (χ3n) is 2.80. The first kappa shape index (κ1) is 11.7. The second-order valence-electron chi connectivity index (χ2n) is 4.05. The van der Waals surface area contributed by atoms with Crippen molar-refractivity contribution in [2.75, 3.05) is 12.8 Å². The minimum atomic E-state index is -0.363. The van der Waals surface area contributed by atoms with Crippen molar-refractivity contribution in [3.63, 3.8) is 0 Å². The summed E-state index contributed by atoms with van der Waals surface area (Å²) in [5.74, 6) is 0.378. The van der Waals surface area contributed by atoms with Gasteiger partial charge in [-0.15, -0.1) is 11.3 Å². The van der Waals surface area contributed by atoms with E-state index in [1.807, 2.05) is 11.4 Å². The van der Waals surface area contributed by atoms with E-state index in [9.17, 15) is 4.79 Å². The van der Waals surface area contributed by atoms with Crippen molar-refractivity contribution in [3.8, 4) is 11.4 Å². The molecule has 2 heterocycles. The summed E-state index contributed by atoms with van der Waals surface area (Å²) < 4.78 is 4.69. The molecule has 0 saturated heterocycles. The molecule has 0 atom stereocenters. The number of esters is 1. The maximum absolute atomic E-state index is 11.5. The highest BCUT2D eigenvalue weighted by Crippen LogP contribution is 2.27. The topological polar surface area (TPSA) is 81.0 Å². The van der Waals surface area contributed by atoms with Gasteiger partial charge in [0.15, 0.2) is 0 Å². The fourth-order valence-electron chi connectivity index (χ4n) is 1.87. The smallest absolute Gasteiger partial charge is 0.337 e. The van der Waals surface area contributed by atoms with Gasteiger partial charge in [0.05, 0.1) is 28.7 Å². The number of nitrogen functional groups attached to an aromatic ring is 1. The number of methoxy groups -OCH3 is 1. The van der Waals surface area contributed by atoms with Gasteiger partial charge in [-0.05, 0) is 24.3 Å². The molecule has 3 aromatic rings. The van der Waals surface area contributed by atoms with Crippen LogP contribution in [-0.2, 0) is 4.74 Å². The van der Waals surface area contributed by atoms with Gasteiger partial charge in [0.2, 0.25) is 0 Å². The van der Waals surface area contributed by atoms with Crippen molar-refractivity contribution in [3.05, 3.63) is 35.2 Å². The first-order chi connectivity index (χ1) is 9.17. The number of ether oxygens (including phenoxy) is 1. The molecule has 0 aliphatic heterocycles. The lowest BCUT2D eigenvalue weighted by molar-refractivity contribution is 0.0601. The van der Waals surface area contributed by atoms with E-state index in [2.05, 4.69) is 9.97 Å². The van der Waals surface area contributed by atoms with Crippen LogP contribution in [0.3, 0.4) is 0 Å². The van der Waals surface area contributed by atoms with Crippen LogP contribution < -0.4 is 5.73 Å². The van der Waals surface area contributed by atoms with Gasteiger partial charge in [0.1, 0.15) is 5.82 Å². The Balaban J connectivity index is 2.08. The third-order valence-corrected chi connectivity index (χ3v) is 3.56. The number of nitrogens with two attached hydrogens (primary N) is 1. The minimum Gasteiger partial charge on any atom is -0.465 e. The summed E-state index contributed by atoms with van der Waals surface area (Å²) in [6.07, 6.45) is 0. The molecular weight excluding hydrogens is 262 g/mol. The number of aromatic amines is 1. The standard InChI is InChI=1S/C13H11N3O2S/c1-18-13(17)7-2-3-9-10(4-7)16-12(15-9)8-5-11(14)19-6-8/h2-6H,14H2,1H3,(H,15,16). The first-order valence-electron chi connectivity index (χ1n) is 5.60. The number of anilines is 1. The molecule has 96 valence electrons. The van der Waals surface area contributed by atoms with Gasteiger partial charge in [0, 0.05) is 10.9 Å². The SMILES string of the molecule is COC(=O)c1ccc2nc(-c3csc(N)c3)[nH]c2c1. The third kappa shape index (κ3) is 2.06. The molecule has 3 rings (SSSR count). The van der Waals surface area contributed by atoms with E-state index in [4.69, 9.17) is 10.5 Å². The van der Waals surface area contributed by atoms with Crippen LogP contribution in [0.15, 0.2) is 29.6 Å². The average molecular weight is 273 g/mol. The number of H-pyrrole nitrogens is 1. The number of aromatic nitrogens is 2. The predicted octanol–water partition coefficient (Wildman–Crippen LogP) is 2.66. The molecule has 0 radical (unpaired) electrons. The van der Waals surface area contributed by atoms with Crippen LogP contribution in [0.4, 0.5) is 5.00 Å². The molecular formula is C13H11N3O2S. The number of nitrogens with one attached hydrogen (secondary N) is 1. The summed E-state index contributed by atoms with van der Waals surface area (Å²) in [6.45, 7) is 0. The number of imidazole rings is 1. The molecule has 6 heteroatoms. The molecule has 0 saturated carbocycles. The van der Waals surface area contributed by atoms with E-state index < -0.39 is 0 Å². The van der Waals surface area contributed by atoms with Crippen molar-refractivity contribution < 1.29 is 9.53 Å². The molecule has 0 bridgehead atoms. The Labute approximate surface area is 113 Å². The maximum Gasteiger partial charge on any atom is 0.337 e. The summed E-state index contributed by atoms with van der Waals surface area (Å²) in [5.41, 5.74) is 8.74. The van der Waals surface area contributed by atoms with Gasteiger partial charge in [-0.25, -0.2) is 9.78 Å². The van der Waals surface area contributed by atoms with Gasteiger partial charge < -0.3 is 15.5 Å². The summed E-state index contributed by atoms with van der Waals surface area (Å²) in [4.78, 5) is 19.1. The van der Waals surface area contributed by atoms with E-state index in [0.717, 1.165) is 27.4 Å². The Morgan fingerprint density at radius 2 is 2.26 bits per heavy atom. The van der Waals surface area contributed by atoms with Crippen LogP contribution >= 0.6 is 11.3 Å². The number of benzene rings is 1. The quantitative estimate of drug-likeness (QED) is 0.703. The van der Waals surface area contributed by atoms with Gasteiger partial charge in [-0.3, -0.25) is 0 Å². The minimum absolute atomic E-state index is 0.363. The van der Waals surface area contributed by atoms with Crippen LogP contribution in [-0.4, -0.2) is 23.0 Å². The molecule has 2 aromatic heterocycles. The second kappa shape index (κ2) is 4.40. The van der Waals surface area contributed by atoms with Crippen LogP contribution in [0.25, 0.3) is 22.4 Å². The van der Waals surface area contributed by atoms with Crippen LogP contribution in [0, 0.1) is 0 Å². The first-order valence-corrected chi connectivity index (χ1v) is 6.48. The number of fused-ring (bicyclic) bond motifs is 1. The van der Waals surface area contributed by atoms with E-state index in [1.54, 1.807) is 18.2 Å². The molecule has 1 aromatic carbocycles. The number of carbonyl (C=O) groups excluding carboxylic acids is 1. The molecule has 0 aliphatic carbocycles. The molecule has 0 unspecified atom stereocenters. The highest BCUT2D eigenvalue weighted by molar-refractivity contribution is 7.14. The van der Waals surface area contributed by atoms with E-state index in [-0.39, 0.29) is 5.97 Å². The van der Waals surface area contributed by atoms with Crippen molar-refractivity contribution in [2.24, 2.45) is 0 Å². The highest BCUT2D eigenvalue weighted by Gasteiger charge is 2.10. The van der Waals surface area contributed by atoms with Gasteiger partial charge >= 0.3 is 5.97 Å². The molecule has 5 nitrogen and oxygen atoms in total. The Morgan fingerprint density at radius 3 is 2.95 bits per heavy atom. The highest BCUT2D eigenvalue weighted by atomic mass is 32.1. The summed E-state index contributed by atoms with van der Waals surface area (Å²) in [5, 5.41) is 2.68. The number of thiophene rings is 1. The molecule has 0 aliphatic rings. The molecule has 0 spiro atoms. The number of rotatable bonds is 2. The lowest BCUT2D eigenvalue weighted by Gasteiger charge is -1.97. The zero-order valence-corrected chi connectivity index (χ0v) is 11.0. The Morgan fingerprint density at radius 1 is 1.42 bits per heavy atom. The molecule has 19 heavy (non-hydrogen) atoms. The summed E-state index contributed by atoms with van der Waals surface area (Å²) >= 11 is 1.46. The molecule has 0 amide bonds. The zero-order valence-electron chi connectivity index (χ0n) is 10.1. The monoisotopic (exact) mass is 273 g/mol. The number of hydrogen-bond donors (Lipinski definition) is 2. The number of hydrogen-bond acceptors (Lipinski definition) is 5. The van der Waals surface area contributed by atoms with Crippen LogP contribution in [0.2, 0.25) is 0 Å². The maximum atomic E-state index is 11.5. The van der Waals surface area contributed by atoms with E-state index >= 15 is 0 Å². The van der Waals surface area contributed by atoms with Crippen LogP contribution in [0.5, 0.6) is 0 Å². The fraction of sp³-hybridized carbons (Fsp3) is 0.0769. The van der Waals surface area contributed by atoms with E-state index in [1.165, 1.54) is 18.4 Å². The Hall–Kier alpha value is -2.34. The van der Waals surface area contributed by atoms with Crippen molar-refractivity contribution in [1.82, 2.24) is 9.97 Å². The van der Waals surface area contributed by atoms with Crippen LogP contribution in [0.1, 0.15) is 10.4 Å². The van der Waals surface area contributed by atoms with Crippen molar-refractivity contribution in [1.29, 1.82) is 0 Å². The van der Waals surface area contributed by atoms with Gasteiger partial charge in [-0.1, -0.05) is 0 Å². The molecule has 3 N–H and O–H groups in total. The number of nitrogens with zero attached hydrogens (tertiary/aromatic N) is 1. The Kier molecular flexibility index (Phi) is 2.72. The lowest BCUT2D eigenvalue weighted by atomic mass is 10.2. The summed E-state index contributed by atoms with van der Waals surface area (Å²) in [6, 6.07) is 7.08. The van der Waals surface area contributed by atoms with E-state index in [0.29, 0.717) is 5.56 Å². The normalized spacial score (nSPS) is 10.8. The second-order valence-corrected chi connectivity index (χ2v) is 4.99. The lowest BCUT2D eigenvalue weighted by Crippen LogP contribution is -2.00. The van der Waals surface area contributed by atoms with Gasteiger partial charge in [-0.2, -0.15) is 0 Å². The number of carbonyl (C=O) groups is 1. The largest absolute Gasteiger partial charge is 0.465 e.